The van der Waals surface area contributed by atoms with Crippen molar-refractivity contribution < 1.29 is 19.1 Å². The van der Waals surface area contributed by atoms with Gasteiger partial charge in [0.25, 0.3) is 0 Å². The monoisotopic (exact) mass is 435 g/mol. The fourth-order valence-corrected chi connectivity index (χ4v) is 4.33. The zero-order valence-electron chi connectivity index (χ0n) is 18.8. The van der Waals surface area contributed by atoms with E-state index >= 15 is 0 Å². The second-order valence-corrected chi connectivity index (χ2v) is 7.79. The Kier molecular flexibility index (Phi) is 6.44. The Labute approximate surface area is 187 Å². The Balaban J connectivity index is 1.96. The van der Waals surface area contributed by atoms with Gasteiger partial charge in [0.1, 0.15) is 5.75 Å². The SMILES string of the molecule is CCCCN1C(=O)C(C(=O)OCC)C(c2cccc(OCC)c2)n2c1nc1ccccc12. The quantitative estimate of drug-likeness (QED) is 0.388. The first-order chi connectivity index (χ1) is 15.6. The molecular formula is C25H29N3O4. The predicted molar refractivity (Wildman–Crippen MR) is 123 cm³/mol. The van der Waals surface area contributed by atoms with E-state index in [9.17, 15) is 9.59 Å². The highest BCUT2D eigenvalue weighted by Gasteiger charge is 2.47. The molecule has 1 aliphatic heterocycles. The Bertz CT molecular complexity index is 1120. The van der Waals surface area contributed by atoms with Crippen molar-refractivity contribution in [2.75, 3.05) is 24.7 Å². The van der Waals surface area contributed by atoms with Crippen molar-refractivity contribution in [2.45, 2.75) is 39.7 Å². The number of nitrogens with zero attached hydrogens (tertiary/aromatic N) is 3. The van der Waals surface area contributed by atoms with Gasteiger partial charge in [-0.3, -0.25) is 14.5 Å². The van der Waals surface area contributed by atoms with Crippen LogP contribution in [0.3, 0.4) is 0 Å². The van der Waals surface area contributed by atoms with Crippen LogP contribution in [0.25, 0.3) is 11.0 Å². The molecule has 7 heteroatoms. The molecule has 0 bridgehead atoms. The van der Waals surface area contributed by atoms with Gasteiger partial charge in [0.2, 0.25) is 11.9 Å². The number of benzene rings is 2. The first kappa shape index (κ1) is 21.9. The first-order valence-electron chi connectivity index (χ1n) is 11.3. The highest BCUT2D eigenvalue weighted by Crippen LogP contribution is 2.42. The number of aromatic nitrogens is 2. The molecule has 32 heavy (non-hydrogen) atoms. The molecule has 0 saturated heterocycles. The number of ether oxygens (including phenoxy) is 2. The predicted octanol–water partition coefficient (Wildman–Crippen LogP) is 4.35. The minimum atomic E-state index is -1.01. The Morgan fingerprint density at radius 3 is 2.62 bits per heavy atom. The zero-order valence-corrected chi connectivity index (χ0v) is 18.8. The van der Waals surface area contributed by atoms with E-state index in [1.165, 1.54) is 0 Å². The van der Waals surface area contributed by atoms with E-state index in [0.717, 1.165) is 29.4 Å². The zero-order chi connectivity index (χ0) is 22.7. The lowest BCUT2D eigenvalue weighted by Crippen LogP contribution is -2.50. The average molecular weight is 436 g/mol. The second kappa shape index (κ2) is 9.42. The van der Waals surface area contributed by atoms with Crippen molar-refractivity contribution in [3.63, 3.8) is 0 Å². The standard InChI is InChI=1S/C25H29N3O4/c1-4-7-15-27-23(29)21(24(30)32-6-3)22(17-11-10-12-18(16-17)31-5-2)28-20-14-9-8-13-19(20)26-25(27)28/h8-14,16,21-22H,4-7,15H2,1-3H3. The van der Waals surface area contributed by atoms with Gasteiger partial charge in [0.15, 0.2) is 5.92 Å². The normalized spacial score (nSPS) is 18.0. The van der Waals surface area contributed by atoms with Crippen molar-refractivity contribution in [1.82, 2.24) is 9.55 Å². The van der Waals surface area contributed by atoms with Gasteiger partial charge in [0, 0.05) is 6.54 Å². The molecule has 0 aliphatic carbocycles. The fraction of sp³-hybridized carbons (Fsp3) is 0.400. The van der Waals surface area contributed by atoms with Crippen LogP contribution in [0.4, 0.5) is 5.95 Å². The van der Waals surface area contributed by atoms with Gasteiger partial charge in [0.05, 0.1) is 30.3 Å². The molecule has 168 valence electrons. The van der Waals surface area contributed by atoms with E-state index in [-0.39, 0.29) is 12.5 Å². The summed E-state index contributed by atoms with van der Waals surface area (Å²) in [5.41, 5.74) is 2.46. The third kappa shape index (κ3) is 3.83. The third-order valence-electron chi connectivity index (χ3n) is 5.73. The molecule has 0 radical (unpaired) electrons. The van der Waals surface area contributed by atoms with Crippen molar-refractivity contribution in [2.24, 2.45) is 5.92 Å². The summed E-state index contributed by atoms with van der Waals surface area (Å²) in [6.07, 6.45) is 1.74. The molecule has 0 saturated carbocycles. The topological polar surface area (TPSA) is 73.7 Å². The summed E-state index contributed by atoms with van der Waals surface area (Å²) < 4.78 is 13.1. The highest BCUT2D eigenvalue weighted by atomic mass is 16.5. The Morgan fingerprint density at radius 2 is 1.88 bits per heavy atom. The van der Waals surface area contributed by atoms with Gasteiger partial charge in [-0.2, -0.15) is 0 Å². The van der Waals surface area contributed by atoms with Crippen LogP contribution >= 0.6 is 0 Å². The van der Waals surface area contributed by atoms with Gasteiger partial charge in [-0.15, -0.1) is 0 Å². The van der Waals surface area contributed by atoms with E-state index < -0.39 is 17.9 Å². The molecule has 7 nitrogen and oxygen atoms in total. The molecule has 4 rings (SSSR count). The van der Waals surface area contributed by atoms with Gasteiger partial charge >= 0.3 is 5.97 Å². The van der Waals surface area contributed by atoms with E-state index in [1.807, 2.05) is 60.0 Å². The maximum Gasteiger partial charge on any atom is 0.321 e. The Morgan fingerprint density at radius 1 is 1.06 bits per heavy atom. The number of carbonyl (C=O) groups is 2. The molecule has 2 unspecified atom stereocenters. The molecule has 3 aromatic rings. The van der Waals surface area contributed by atoms with E-state index in [0.29, 0.717) is 24.8 Å². The highest BCUT2D eigenvalue weighted by molar-refractivity contribution is 6.08. The summed E-state index contributed by atoms with van der Waals surface area (Å²) in [6.45, 7) is 6.98. The number of imidazole rings is 1. The van der Waals surface area contributed by atoms with Crippen molar-refractivity contribution in [3.8, 4) is 5.75 Å². The lowest BCUT2D eigenvalue weighted by atomic mass is 9.89. The van der Waals surface area contributed by atoms with Crippen molar-refractivity contribution in [1.29, 1.82) is 0 Å². The van der Waals surface area contributed by atoms with E-state index in [4.69, 9.17) is 14.5 Å². The van der Waals surface area contributed by atoms with Crippen LogP contribution in [0.1, 0.15) is 45.2 Å². The van der Waals surface area contributed by atoms with Crippen molar-refractivity contribution >= 4 is 28.9 Å². The fourth-order valence-electron chi connectivity index (χ4n) is 4.33. The summed E-state index contributed by atoms with van der Waals surface area (Å²) >= 11 is 0. The largest absolute Gasteiger partial charge is 0.494 e. The number of anilines is 1. The van der Waals surface area contributed by atoms with E-state index in [1.54, 1.807) is 11.8 Å². The molecule has 2 aromatic carbocycles. The number of esters is 1. The molecule has 1 amide bonds. The summed E-state index contributed by atoms with van der Waals surface area (Å²) in [4.78, 5) is 33.3. The summed E-state index contributed by atoms with van der Waals surface area (Å²) in [5.74, 6) is -0.536. The molecule has 2 atom stereocenters. The number of hydrogen-bond donors (Lipinski definition) is 0. The number of rotatable bonds is 8. The average Bonchev–Trinajstić information content (AvgIpc) is 3.17. The van der Waals surface area contributed by atoms with Gasteiger partial charge in [-0.05, 0) is 50.1 Å². The molecule has 1 aromatic heterocycles. The van der Waals surface area contributed by atoms with Crippen LogP contribution in [0, 0.1) is 5.92 Å². The maximum absolute atomic E-state index is 13.7. The molecular weight excluding hydrogens is 406 g/mol. The Hall–Kier alpha value is -3.35. The maximum atomic E-state index is 13.7. The van der Waals surface area contributed by atoms with Crippen LogP contribution in [0.2, 0.25) is 0 Å². The van der Waals surface area contributed by atoms with Crippen LogP contribution in [-0.4, -0.2) is 41.2 Å². The van der Waals surface area contributed by atoms with Gasteiger partial charge < -0.3 is 14.0 Å². The number of fused-ring (bicyclic) bond motifs is 3. The number of hydrogen-bond acceptors (Lipinski definition) is 5. The smallest absolute Gasteiger partial charge is 0.321 e. The molecule has 0 fully saturated rings. The number of amides is 1. The lowest BCUT2D eigenvalue weighted by Gasteiger charge is -2.38. The summed E-state index contributed by atoms with van der Waals surface area (Å²) in [7, 11) is 0. The molecule has 0 spiro atoms. The van der Waals surface area contributed by atoms with Crippen LogP contribution in [0.15, 0.2) is 48.5 Å². The molecule has 0 N–H and O–H groups in total. The van der Waals surface area contributed by atoms with E-state index in [2.05, 4.69) is 6.92 Å². The lowest BCUT2D eigenvalue weighted by molar-refractivity contribution is -0.153. The summed E-state index contributed by atoms with van der Waals surface area (Å²) in [5, 5.41) is 0. The molecule has 1 aliphatic rings. The van der Waals surface area contributed by atoms with Gasteiger partial charge in [-0.1, -0.05) is 37.6 Å². The minimum Gasteiger partial charge on any atom is -0.494 e. The third-order valence-corrected chi connectivity index (χ3v) is 5.73. The van der Waals surface area contributed by atoms with Crippen molar-refractivity contribution in [3.05, 3.63) is 54.1 Å². The minimum absolute atomic E-state index is 0.209. The van der Waals surface area contributed by atoms with Crippen LogP contribution in [0.5, 0.6) is 5.75 Å². The first-order valence-corrected chi connectivity index (χ1v) is 11.3. The molecule has 2 heterocycles. The number of carbonyl (C=O) groups excluding carboxylic acids is 2. The number of para-hydroxylation sites is 2. The van der Waals surface area contributed by atoms with Crippen LogP contribution < -0.4 is 9.64 Å². The van der Waals surface area contributed by atoms with Crippen LogP contribution in [-0.2, 0) is 14.3 Å². The van der Waals surface area contributed by atoms with Gasteiger partial charge in [-0.25, -0.2) is 4.98 Å². The number of unbranched alkanes of at least 4 members (excludes halogenated alkanes) is 1. The summed E-state index contributed by atoms with van der Waals surface area (Å²) in [6, 6.07) is 14.8. The second-order valence-electron chi connectivity index (χ2n) is 7.79.